The third kappa shape index (κ3) is 6.27. The number of thiophene rings is 1. The maximum atomic E-state index is 13.4. The molecule has 36 heavy (non-hydrogen) atoms. The smallest absolute Gasteiger partial charge is 0.333 e. The first-order valence-electron chi connectivity index (χ1n) is 11.0. The van der Waals surface area contributed by atoms with Crippen LogP contribution in [0.2, 0.25) is 5.02 Å². The van der Waals surface area contributed by atoms with Crippen molar-refractivity contribution in [2.24, 2.45) is 11.7 Å². The molecule has 6 N–H and O–H groups in total. The second kappa shape index (κ2) is 10.9. The zero-order valence-electron chi connectivity index (χ0n) is 19.1. The SMILES string of the molecule is Cc1sc(C(=O)c2cncnc2N[C@H]2C[C@H](O)[C@@H]([CH]NS(=O)(=O)O)C2)cc1[C@@H](N)c1cccc(Cl)c1. The van der Waals surface area contributed by atoms with Gasteiger partial charge in [0.2, 0.25) is 5.78 Å². The molecule has 3 aromatic rings. The van der Waals surface area contributed by atoms with Crippen LogP contribution >= 0.6 is 22.9 Å². The molecular weight excluding hydrogens is 526 g/mol. The topological polar surface area (TPSA) is 168 Å². The van der Waals surface area contributed by atoms with Crippen molar-refractivity contribution in [1.29, 1.82) is 0 Å². The molecule has 4 atom stereocenters. The summed E-state index contributed by atoms with van der Waals surface area (Å²) in [5.74, 6) is -0.492. The standard InChI is InChI=1S/C23H25ClN5O5S2/c1-12-17(21(25)13-3-2-4-15(24)5-13)8-20(35-12)22(31)18-10-26-11-27-23(18)29-16-6-14(19(30)7-16)9-28-36(32,33)34/h2-5,8-11,14,16,19,21,28,30H,6-7,25H2,1H3,(H,26,27,29)(H,32,33,34)/t14-,16-,19+,21+/m1/s1. The van der Waals surface area contributed by atoms with E-state index in [1.54, 1.807) is 18.2 Å². The molecule has 10 nitrogen and oxygen atoms in total. The van der Waals surface area contributed by atoms with Crippen LogP contribution in [0.1, 0.15) is 50.1 Å². The third-order valence-electron chi connectivity index (χ3n) is 6.03. The van der Waals surface area contributed by atoms with Crippen molar-refractivity contribution in [3.63, 3.8) is 0 Å². The number of nitrogens with two attached hydrogens (primary N) is 1. The van der Waals surface area contributed by atoms with Gasteiger partial charge in [0, 0.05) is 34.6 Å². The summed E-state index contributed by atoms with van der Waals surface area (Å²) in [6.07, 6.45) is 2.56. The number of rotatable bonds is 9. The largest absolute Gasteiger partial charge is 0.393 e. The fourth-order valence-corrected chi connectivity index (χ4v) is 5.82. The van der Waals surface area contributed by atoms with Gasteiger partial charge in [0.05, 0.1) is 22.6 Å². The van der Waals surface area contributed by atoms with Gasteiger partial charge in [0.1, 0.15) is 12.1 Å². The maximum absolute atomic E-state index is 13.4. The summed E-state index contributed by atoms with van der Waals surface area (Å²) in [5.41, 5.74) is 8.39. The van der Waals surface area contributed by atoms with E-state index in [0.29, 0.717) is 28.6 Å². The number of aryl methyl sites for hydroxylation is 1. The normalized spacial score (nSPS) is 20.9. The Hall–Kier alpha value is -2.45. The van der Waals surface area contributed by atoms with Crippen LogP contribution in [-0.4, -0.2) is 46.0 Å². The number of ketones is 1. The molecule has 1 aliphatic rings. The zero-order valence-corrected chi connectivity index (χ0v) is 21.5. The van der Waals surface area contributed by atoms with E-state index in [4.69, 9.17) is 21.9 Å². The van der Waals surface area contributed by atoms with Crippen LogP contribution in [0.3, 0.4) is 0 Å². The number of carbonyl (C=O) groups is 1. The van der Waals surface area contributed by atoms with Crippen molar-refractivity contribution in [3.05, 3.63) is 80.9 Å². The Kier molecular flexibility index (Phi) is 8.05. The molecule has 2 heterocycles. The highest BCUT2D eigenvalue weighted by Gasteiger charge is 2.34. The first kappa shape index (κ1) is 26.6. The van der Waals surface area contributed by atoms with E-state index in [2.05, 4.69) is 15.3 Å². The Morgan fingerprint density at radius 3 is 2.83 bits per heavy atom. The predicted molar refractivity (Wildman–Crippen MR) is 137 cm³/mol. The molecule has 0 spiro atoms. The lowest BCUT2D eigenvalue weighted by molar-refractivity contribution is 0.104. The van der Waals surface area contributed by atoms with Gasteiger partial charge in [-0.3, -0.25) is 9.35 Å². The summed E-state index contributed by atoms with van der Waals surface area (Å²) >= 11 is 7.43. The first-order valence-corrected chi connectivity index (χ1v) is 13.6. The quantitative estimate of drug-likeness (QED) is 0.199. The summed E-state index contributed by atoms with van der Waals surface area (Å²) in [4.78, 5) is 23.0. The van der Waals surface area contributed by atoms with Crippen molar-refractivity contribution < 1.29 is 22.9 Å². The van der Waals surface area contributed by atoms with Gasteiger partial charge in [0.15, 0.2) is 0 Å². The Bertz CT molecular complexity index is 1370. The minimum atomic E-state index is -4.40. The summed E-state index contributed by atoms with van der Waals surface area (Å²) in [6, 6.07) is 8.31. The van der Waals surface area contributed by atoms with Crippen LogP contribution in [0.15, 0.2) is 42.9 Å². The van der Waals surface area contributed by atoms with Gasteiger partial charge < -0.3 is 16.2 Å². The molecule has 1 saturated carbocycles. The Balaban J connectivity index is 1.51. The van der Waals surface area contributed by atoms with E-state index < -0.39 is 28.4 Å². The van der Waals surface area contributed by atoms with Crippen molar-refractivity contribution in [2.45, 2.75) is 38.0 Å². The van der Waals surface area contributed by atoms with Crippen LogP contribution in [0, 0.1) is 19.4 Å². The second-order valence-corrected chi connectivity index (χ2v) is 11.5. The monoisotopic (exact) mass is 550 g/mol. The van der Waals surface area contributed by atoms with Gasteiger partial charge in [-0.15, -0.1) is 11.3 Å². The molecule has 191 valence electrons. The summed E-state index contributed by atoms with van der Waals surface area (Å²) < 4.78 is 32.6. The second-order valence-electron chi connectivity index (χ2n) is 8.57. The van der Waals surface area contributed by atoms with Crippen molar-refractivity contribution in [3.8, 4) is 0 Å². The molecule has 0 unspecified atom stereocenters. The molecule has 1 aromatic carbocycles. The number of nitrogens with zero attached hydrogens (tertiary/aromatic N) is 2. The maximum Gasteiger partial charge on any atom is 0.333 e. The predicted octanol–water partition coefficient (Wildman–Crippen LogP) is 2.88. The summed E-state index contributed by atoms with van der Waals surface area (Å²) in [6.45, 7) is 3.05. The highest BCUT2D eigenvalue weighted by molar-refractivity contribution is 7.83. The van der Waals surface area contributed by atoms with E-state index in [0.717, 1.165) is 22.5 Å². The van der Waals surface area contributed by atoms with Crippen LogP contribution < -0.4 is 15.8 Å². The number of nitrogens with one attached hydrogen (secondary N) is 2. The van der Waals surface area contributed by atoms with Crippen molar-refractivity contribution in [1.82, 2.24) is 14.7 Å². The number of hydrogen-bond donors (Lipinski definition) is 5. The van der Waals surface area contributed by atoms with Gasteiger partial charge in [0.25, 0.3) is 0 Å². The number of hydrogen-bond acceptors (Lipinski definition) is 9. The zero-order chi connectivity index (χ0) is 26.0. The van der Waals surface area contributed by atoms with E-state index >= 15 is 0 Å². The molecule has 1 aliphatic carbocycles. The number of anilines is 1. The fraction of sp³-hybridized carbons (Fsp3) is 0.304. The molecule has 4 rings (SSSR count). The summed E-state index contributed by atoms with van der Waals surface area (Å²) in [7, 11) is -4.40. The first-order chi connectivity index (χ1) is 17.0. The Morgan fingerprint density at radius 1 is 1.33 bits per heavy atom. The molecule has 2 aromatic heterocycles. The average molecular weight is 551 g/mol. The van der Waals surface area contributed by atoms with Gasteiger partial charge in [-0.1, -0.05) is 23.7 Å². The van der Waals surface area contributed by atoms with E-state index in [-0.39, 0.29) is 17.4 Å². The molecular formula is C23H25ClN5O5S2. The number of aliphatic hydroxyl groups excluding tert-OH is 1. The van der Waals surface area contributed by atoms with Crippen LogP contribution in [0.5, 0.6) is 0 Å². The third-order valence-corrected chi connectivity index (χ3v) is 7.76. The van der Waals surface area contributed by atoms with Gasteiger partial charge in [-0.05, 0) is 49.1 Å². The minimum absolute atomic E-state index is 0.264. The number of carbonyl (C=O) groups excluding carboxylic acids is 1. The molecule has 13 heteroatoms. The molecule has 0 amide bonds. The molecule has 1 fully saturated rings. The van der Waals surface area contributed by atoms with Gasteiger partial charge in [-0.25, -0.2) is 9.97 Å². The lowest BCUT2D eigenvalue weighted by Gasteiger charge is -2.15. The molecule has 0 saturated heterocycles. The Morgan fingerprint density at radius 2 is 2.11 bits per heavy atom. The van der Waals surface area contributed by atoms with Crippen LogP contribution in [0.25, 0.3) is 0 Å². The fourth-order valence-electron chi connectivity index (χ4n) is 4.25. The number of aromatic nitrogens is 2. The van der Waals surface area contributed by atoms with Crippen LogP contribution in [0.4, 0.5) is 5.82 Å². The lowest BCUT2D eigenvalue weighted by Crippen LogP contribution is -2.27. The number of benzene rings is 1. The van der Waals surface area contributed by atoms with E-state index in [1.807, 2.05) is 23.8 Å². The summed E-state index contributed by atoms with van der Waals surface area (Å²) in [5, 5.41) is 14.0. The Labute approximate surface area is 217 Å². The van der Waals surface area contributed by atoms with E-state index in [1.165, 1.54) is 23.9 Å². The molecule has 1 radical (unpaired) electrons. The van der Waals surface area contributed by atoms with Crippen molar-refractivity contribution >= 4 is 44.8 Å². The van der Waals surface area contributed by atoms with Crippen LogP contribution in [-0.2, 0) is 10.3 Å². The highest BCUT2D eigenvalue weighted by Crippen LogP contribution is 2.34. The lowest BCUT2D eigenvalue weighted by atomic mass is 9.99. The number of aliphatic hydroxyl groups is 1. The van der Waals surface area contributed by atoms with Gasteiger partial charge in [-0.2, -0.15) is 13.1 Å². The van der Waals surface area contributed by atoms with Gasteiger partial charge >= 0.3 is 10.3 Å². The minimum Gasteiger partial charge on any atom is -0.393 e. The molecule has 0 aliphatic heterocycles. The average Bonchev–Trinajstić information content (AvgIpc) is 3.38. The molecule has 0 bridgehead atoms. The number of halogens is 1. The van der Waals surface area contributed by atoms with Crippen molar-refractivity contribution in [2.75, 3.05) is 5.32 Å². The van der Waals surface area contributed by atoms with E-state index in [9.17, 15) is 18.3 Å². The highest BCUT2D eigenvalue weighted by atomic mass is 35.5.